The molecule has 1 aromatic rings. The molecule has 5 heteroatoms. The van der Waals surface area contributed by atoms with Crippen molar-refractivity contribution in [1.82, 2.24) is 4.90 Å². The summed E-state index contributed by atoms with van der Waals surface area (Å²) in [5.74, 6) is -0.190. The fourth-order valence-electron chi connectivity index (χ4n) is 4.45. The molecule has 3 fully saturated rings. The van der Waals surface area contributed by atoms with Gasteiger partial charge in [0.15, 0.2) is 0 Å². The lowest BCUT2D eigenvalue weighted by molar-refractivity contribution is -0.136. The Kier molecular flexibility index (Phi) is 4.07. The van der Waals surface area contributed by atoms with Crippen LogP contribution >= 0.6 is 0 Å². The van der Waals surface area contributed by atoms with E-state index >= 15 is 0 Å². The van der Waals surface area contributed by atoms with Gasteiger partial charge in [-0.05, 0) is 37.7 Å². The number of piperidine rings is 1. The fourth-order valence-corrected chi connectivity index (χ4v) is 4.45. The van der Waals surface area contributed by atoms with Gasteiger partial charge in [0.05, 0.1) is 18.1 Å². The number of benzene rings is 1. The van der Waals surface area contributed by atoms with Crippen LogP contribution in [0.2, 0.25) is 0 Å². The summed E-state index contributed by atoms with van der Waals surface area (Å²) in [6, 6.07) is 10.4. The number of carbonyl (C=O) groups excluding carboxylic acids is 2. The SMILES string of the molecule is NC(=O)C1COC2(CCN(C(=O)CC3(c4ccccc4)CC3)CC2)C1. The van der Waals surface area contributed by atoms with Crippen molar-refractivity contribution in [2.75, 3.05) is 19.7 Å². The Bertz CT molecular complexity index is 661. The highest BCUT2D eigenvalue weighted by molar-refractivity contribution is 5.79. The van der Waals surface area contributed by atoms with E-state index in [1.165, 1.54) is 5.56 Å². The number of primary amides is 1. The summed E-state index contributed by atoms with van der Waals surface area (Å²) in [5, 5.41) is 0. The Morgan fingerprint density at radius 2 is 1.80 bits per heavy atom. The van der Waals surface area contributed by atoms with E-state index in [9.17, 15) is 9.59 Å². The van der Waals surface area contributed by atoms with Crippen molar-refractivity contribution >= 4 is 11.8 Å². The smallest absolute Gasteiger partial charge is 0.223 e. The Hall–Kier alpha value is -1.88. The van der Waals surface area contributed by atoms with Crippen LogP contribution < -0.4 is 5.73 Å². The molecule has 4 rings (SSSR count). The first-order valence-electron chi connectivity index (χ1n) is 9.29. The van der Waals surface area contributed by atoms with E-state index in [0.29, 0.717) is 19.4 Å². The van der Waals surface area contributed by atoms with Crippen molar-refractivity contribution in [3.63, 3.8) is 0 Å². The number of amides is 2. The second-order valence-electron chi connectivity index (χ2n) is 8.00. The second kappa shape index (κ2) is 6.13. The number of carbonyl (C=O) groups is 2. The third-order valence-corrected chi connectivity index (χ3v) is 6.37. The minimum Gasteiger partial charge on any atom is -0.374 e. The summed E-state index contributed by atoms with van der Waals surface area (Å²) in [6.45, 7) is 1.87. The van der Waals surface area contributed by atoms with Crippen LogP contribution in [0.15, 0.2) is 30.3 Å². The molecule has 1 aliphatic carbocycles. The van der Waals surface area contributed by atoms with Gasteiger partial charge in [-0.25, -0.2) is 0 Å². The van der Waals surface area contributed by atoms with E-state index in [1.54, 1.807) is 0 Å². The standard InChI is InChI=1S/C20H26N2O3/c21-18(24)15-12-20(25-14-15)8-10-22(11-9-20)17(23)13-19(6-7-19)16-4-2-1-3-5-16/h1-5,15H,6-14H2,(H2,21,24). The summed E-state index contributed by atoms with van der Waals surface area (Å²) in [7, 11) is 0. The molecule has 2 heterocycles. The van der Waals surface area contributed by atoms with Gasteiger partial charge in [-0.2, -0.15) is 0 Å². The quantitative estimate of drug-likeness (QED) is 0.909. The molecule has 25 heavy (non-hydrogen) atoms. The van der Waals surface area contributed by atoms with Gasteiger partial charge in [0.2, 0.25) is 11.8 Å². The molecular formula is C20H26N2O3. The van der Waals surface area contributed by atoms with Gasteiger partial charge in [-0.3, -0.25) is 9.59 Å². The first-order chi connectivity index (χ1) is 12.0. The molecular weight excluding hydrogens is 316 g/mol. The predicted molar refractivity (Wildman–Crippen MR) is 93.8 cm³/mol. The van der Waals surface area contributed by atoms with Gasteiger partial charge in [0.1, 0.15) is 0 Å². The second-order valence-corrected chi connectivity index (χ2v) is 8.00. The number of nitrogens with two attached hydrogens (primary N) is 1. The number of hydrogen-bond donors (Lipinski definition) is 1. The summed E-state index contributed by atoms with van der Waals surface area (Å²) >= 11 is 0. The summed E-state index contributed by atoms with van der Waals surface area (Å²) < 4.78 is 5.93. The van der Waals surface area contributed by atoms with Gasteiger partial charge in [-0.15, -0.1) is 0 Å². The van der Waals surface area contributed by atoms with Crippen molar-refractivity contribution in [2.45, 2.75) is 49.5 Å². The Morgan fingerprint density at radius 1 is 1.12 bits per heavy atom. The molecule has 1 unspecified atom stereocenters. The van der Waals surface area contributed by atoms with Gasteiger partial charge in [0, 0.05) is 24.9 Å². The van der Waals surface area contributed by atoms with Gasteiger partial charge >= 0.3 is 0 Å². The van der Waals surface area contributed by atoms with Crippen molar-refractivity contribution in [1.29, 1.82) is 0 Å². The molecule has 0 aromatic heterocycles. The van der Waals surface area contributed by atoms with E-state index < -0.39 is 0 Å². The monoisotopic (exact) mass is 342 g/mol. The van der Waals surface area contributed by atoms with E-state index in [-0.39, 0.29) is 28.7 Å². The predicted octanol–water partition coefficient (Wildman–Crippen LogP) is 1.99. The number of nitrogens with zero attached hydrogens (tertiary/aromatic N) is 1. The number of hydrogen-bond acceptors (Lipinski definition) is 3. The van der Waals surface area contributed by atoms with Crippen LogP contribution in [0.1, 0.15) is 44.1 Å². The highest BCUT2D eigenvalue weighted by Gasteiger charge is 2.48. The Balaban J connectivity index is 1.34. The Morgan fingerprint density at radius 3 is 2.36 bits per heavy atom. The highest BCUT2D eigenvalue weighted by Crippen LogP contribution is 2.51. The molecule has 2 saturated heterocycles. The largest absolute Gasteiger partial charge is 0.374 e. The molecule has 1 aromatic carbocycles. The molecule has 0 radical (unpaired) electrons. The molecule has 5 nitrogen and oxygen atoms in total. The van der Waals surface area contributed by atoms with E-state index in [0.717, 1.165) is 38.8 Å². The van der Waals surface area contributed by atoms with Crippen LogP contribution in [0.25, 0.3) is 0 Å². The fraction of sp³-hybridized carbons (Fsp3) is 0.600. The highest BCUT2D eigenvalue weighted by atomic mass is 16.5. The van der Waals surface area contributed by atoms with Crippen LogP contribution in [0.3, 0.4) is 0 Å². The lowest BCUT2D eigenvalue weighted by atomic mass is 9.84. The number of ether oxygens (including phenoxy) is 1. The third-order valence-electron chi connectivity index (χ3n) is 6.37. The van der Waals surface area contributed by atoms with Crippen LogP contribution in [0.4, 0.5) is 0 Å². The van der Waals surface area contributed by atoms with Crippen LogP contribution in [0.5, 0.6) is 0 Å². The zero-order chi connectivity index (χ0) is 17.5. The van der Waals surface area contributed by atoms with Crippen LogP contribution in [-0.2, 0) is 19.7 Å². The average Bonchev–Trinajstić information content (AvgIpc) is 3.29. The van der Waals surface area contributed by atoms with Crippen molar-refractivity contribution in [2.24, 2.45) is 11.7 Å². The molecule has 134 valence electrons. The van der Waals surface area contributed by atoms with E-state index in [4.69, 9.17) is 10.5 Å². The summed E-state index contributed by atoms with van der Waals surface area (Å²) in [5.41, 5.74) is 6.52. The van der Waals surface area contributed by atoms with Crippen LogP contribution in [0, 0.1) is 5.92 Å². The molecule has 1 spiro atoms. The first kappa shape index (κ1) is 16.6. The number of rotatable bonds is 4. The minimum atomic E-state index is -0.270. The Labute approximate surface area is 148 Å². The summed E-state index contributed by atoms with van der Waals surface area (Å²) in [4.78, 5) is 26.2. The molecule has 2 amide bonds. The van der Waals surface area contributed by atoms with Gasteiger partial charge in [0.25, 0.3) is 0 Å². The zero-order valence-electron chi connectivity index (χ0n) is 14.6. The van der Waals surface area contributed by atoms with Crippen molar-refractivity contribution in [3.05, 3.63) is 35.9 Å². The number of likely N-dealkylation sites (tertiary alicyclic amines) is 1. The molecule has 3 aliphatic rings. The summed E-state index contributed by atoms with van der Waals surface area (Å²) in [6.07, 6.45) is 5.13. The minimum absolute atomic E-state index is 0.0639. The molecule has 2 aliphatic heterocycles. The van der Waals surface area contributed by atoms with Gasteiger partial charge < -0.3 is 15.4 Å². The molecule has 1 saturated carbocycles. The van der Waals surface area contributed by atoms with Crippen molar-refractivity contribution < 1.29 is 14.3 Å². The molecule has 1 atom stereocenters. The maximum absolute atomic E-state index is 12.8. The molecule has 0 bridgehead atoms. The first-order valence-corrected chi connectivity index (χ1v) is 9.29. The van der Waals surface area contributed by atoms with Crippen LogP contribution in [-0.4, -0.2) is 42.0 Å². The topological polar surface area (TPSA) is 72.6 Å². The van der Waals surface area contributed by atoms with Crippen molar-refractivity contribution in [3.8, 4) is 0 Å². The lowest BCUT2D eigenvalue weighted by Gasteiger charge is -2.39. The maximum Gasteiger partial charge on any atom is 0.223 e. The van der Waals surface area contributed by atoms with E-state index in [2.05, 4.69) is 24.3 Å². The normalized spacial score (nSPS) is 26.6. The van der Waals surface area contributed by atoms with Gasteiger partial charge in [-0.1, -0.05) is 30.3 Å². The van der Waals surface area contributed by atoms with E-state index in [1.807, 2.05) is 11.0 Å². The average molecular weight is 342 g/mol. The molecule has 2 N–H and O–H groups in total. The maximum atomic E-state index is 12.8. The lowest BCUT2D eigenvalue weighted by Crippen LogP contribution is -2.47. The third kappa shape index (κ3) is 3.17. The zero-order valence-corrected chi connectivity index (χ0v) is 14.6.